The number of hydrogen-bond donors (Lipinski definition) is 1. The third-order valence-corrected chi connectivity index (χ3v) is 3.48. The van der Waals surface area contributed by atoms with Gasteiger partial charge in [0.05, 0.1) is 5.92 Å². The van der Waals surface area contributed by atoms with Gasteiger partial charge in [0, 0.05) is 25.7 Å². The van der Waals surface area contributed by atoms with Gasteiger partial charge < -0.3 is 10.2 Å². The van der Waals surface area contributed by atoms with Crippen molar-refractivity contribution in [3.05, 3.63) is 11.9 Å². The Morgan fingerprint density at radius 2 is 2.11 bits per heavy atom. The van der Waals surface area contributed by atoms with Crippen LogP contribution in [0.5, 0.6) is 0 Å². The van der Waals surface area contributed by atoms with Crippen LogP contribution in [0, 0.1) is 12.8 Å². The van der Waals surface area contributed by atoms with Crippen LogP contribution in [0.1, 0.15) is 18.4 Å². The summed E-state index contributed by atoms with van der Waals surface area (Å²) in [6.45, 7) is 2.40. The summed E-state index contributed by atoms with van der Waals surface area (Å²) in [5, 5.41) is 2.92. The second-order valence-corrected chi connectivity index (χ2v) is 4.75. The third-order valence-electron chi connectivity index (χ3n) is 3.48. The van der Waals surface area contributed by atoms with E-state index in [1.807, 2.05) is 6.92 Å². The molecule has 0 radical (unpaired) electrons. The number of anilines is 2. The van der Waals surface area contributed by atoms with Crippen molar-refractivity contribution >= 4 is 11.6 Å². The van der Waals surface area contributed by atoms with E-state index in [2.05, 4.69) is 15.3 Å². The Bertz CT molecular complexity index is 447. The average molecular weight is 274 g/mol. The molecule has 1 N–H and O–H groups in total. The summed E-state index contributed by atoms with van der Waals surface area (Å²) in [5.41, 5.74) is 0.785. The van der Waals surface area contributed by atoms with E-state index in [0.717, 1.165) is 5.56 Å². The van der Waals surface area contributed by atoms with Gasteiger partial charge in [-0.15, -0.1) is 0 Å². The van der Waals surface area contributed by atoms with Gasteiger partial charge in [0.15, 0.2) is 0 Å². The second kappa shape index (κ2) is 5.22. The smallest absolute Gasteiger partial charge is 0.373 e. The second-order valence-electron chi connectivity index (χ2n) is 4.75. The summed E-state index contributed by atoms with van der Waals surface area (Å²) >= 11 is 0. The summed E-state index contributed by atoms with van der Waals surface area (Å²) in [7, 11) is 1.73. The monoisotopic (exact) mass is 274 g/mol. The molecule has 0 bridgehead atoms. The number of nitrogens with one attached hydrogen (secondary N) is 1. The first-order valence-electron chi connectivity index (χ1n) is 6.24. The van der Waals surface area contributed by atoms with Gasteiger partial charge >= 0.3 is 6.18 Å². The predicted octanol–water partition coefficient (Wildman–Crippen LogP) is 2.61. The Kier molecular flexibility index (Phi) is 3.82. The zero-order valence-electron chi connectivity index (χ0n) is 11.0. The standard InChI is InChI=1S/C12H17F3N4/c1-8-10(16-2)17-7-18-11(8)19-5-3-4-9(6-19)12(13,14)15/h7,9H,3-6H2,1-2H3,(H,16,17,18). The van der Waals surface area contributed by atoms with Crippen molar-refractivity contribution < 1.29 is 13.2 Å². The first-order valence-corrected chi connectivity index (χ1v) is 6.24. The molecule has 1 aliphatic rings. The van der Waals surface area contributed by atoms with Crippen LogP contribution >= 0.6 is 0 Å². The number of nitrogens with zero attached hydrogens (tertiary/aromatic N) is 3. The summed E-state index contributed by atoms with van der Waals surface area (Å²) in [6, 6.07) is 0. The fraction of sp³-hybridized carbons (Fsp3) is 0.667. The van der Waals surface area contributed by atoms with Gasteiger partial charge in [0.25, 0.3) is 0 Å². The predicted molar refractivity (Wildman–Crippen MR) is 67.3 cm³/mol. The van der Waals surface area contributed by atoms with Gasteiger partial charge in [-0.3, -0.25) is 0 Å². The molecule has 1 aliphatic heterocycles. The lowest BCUT2D eigenvalue weighted by Crippen LogP contribution is -2.42. The minimum Gasteiger partial charge on any atom is -0.373 e. The van der Waals surface area contributed by atoms with Gasteiger partial charge in [0.1, 0.15) is 18.0 Å². The Morgan fingerprint density at radius 1 is 1.37 bits per heavy atom. The molecule has 0 aromatic carbocycles. The first kappa shape index (κ1) is 13.9. The molecule has 0 spiro atoms. The number of piperidine rings is 1. The van der Waals surface area contributed by atoms with Crippen molar-refractivity contribution in [1.82, 2.24) is 9.97 Å². The quantitative estimate of drug-likeness (QED) is 0.900. The van der Waals surface area contributed by atoms with E-state index in [0.29, 0.717) is 24.6 Å². The van der Waals surface area contributed by atoms with Crippen LogP contribution < -0.4 is 10.2 Å². The van der Waals surface area contributed by atoms with E-state index < -0.39 is 12.1 Å². The Morgan fingerprint density at radius 3 is 2.74 bits per heavy atom. The zero-order valence-corrected chi connectivity index (χ0v) is 11.0. The average Bonchev–Trinajstić information content (AvgIpc) is 2.38. The van der Waals surface area contributed by atoms with E-state index in [-0.39, 0.29) is 13.0 Å². The minimum absolute atomic E-state index is 0.0233. The molecule has 1 unspecified atom stereocenters. The van der Waals surface area contributed by atoms with Crippen LogP contribution in [0.15, 0.2) is 6.33 Å². The molecule has 1 atom stereocenters. The number of hydrogen-bond acceptors (Lipinski definition) is 4. The molecule has 0 aliphatic carbocycles. The van der Waals surface area contributed by atoms with Crippen molar-refractivity contribution in [2.75, 3.05) is 30.4 Å². The van der Waals surface area contributed by atoms with E-state index in [1.54, 1.807) is 11.9 Å². The number of rotatable bonds is 2. The van der Waals surface area contributed by atoms with E-state index in [9.17, 15) is 13.2 Å². The van der Waals surface area contributed by atoms with Crippen molar-refractivity contribution in [3.63, 3.8) is 0 Å². The molecular formula is C12H17F3N4. The van der Waals surface area contributed by atoms with E-state index >= 15 is 0 Å². The Labute approximate surface area is 110 Å². The summed E-state index contributed by atoms with van der Waals surface area (Å²) in [6.07, 6.45) is -2.03. The molecule has 2 rings (SSSR count). The largest absolute Gasteiger partial charge is 0.393 e. The molecular weight excluding hydrogens is 257 g/mol. The van der Waals surface area contributed by atoms with Crippen LogP contribution in [0.4, 0.5) is 24.8 Å². The molecule has 7 heteroatoms. The highest BCUT2D eigenvalue weighted by Gasteiger charge is 2.42. The fourth-order valence-corrected chi connectivity index (χ4v) is 2.45. The summed E-state index contributed by atoms with van der Waals surface area (Å²) in [5.74, 6) is -0.0268. The van der Waals surface area contributed by atoms with Crippen molar-refractivity contribution in [2.45, 2.75) is 25.9 Å². The fourth-order valence-electron chi connectivity index (χ4n) is 2.45. The maximum Gasteiger partial charge on any atom is 0.393 e. The van der Waals surface area contributed by atoms with Crippen molar-refractivity contribution in [3.8, 4) is 0 Å². The number of halogens is 3. The third kappa shape index (κ3) is 2.90. The van der Waals surface area contributed by atoms with Crippen LogP contribution in [0.2, 0.25) is 0 Å². The molecule has 106 valence electrons. The molecule has 4 nitrogen and oxygen atoms in total. The molecule has 1 saturated heterocycles. The molecule has 1 aromatic rings. The summed E-state index contributed by atoms with van der Waals surface area (Å²) < 4.78 is 38.4. The van der Waals surface area contributed by atoms with Gasteiger partial charge in [0.2, 0.25) is 0 Å². The lowest BCUT2D eigenvalue weighted by Gasteiger charge is -2.35. The molecule has 2 heterocycles. The highest BCUT2D eigenvalue weighted by atomic mass is 19.4. The molecule has 1 aromatic heterocycles. The molecule has 0 amide bonds. The lowest BCUT2D eigenvalue weighted by molar-refractivity contribution is -0.176. The van der Waals surface area contributed by atoms with Gasteiger partial charge in [-0.2, -0.15) is 13.2 Å². The zero-order chi connectivity index (χ0) is 14.0. The SMILES string of the molecule is CNc1ncnc(N2CCCC(C(F)(F)F)C2)c1C. The van der Waals surface area contributed by atoms with E-state index in [1.165, 1.54) is 6.33 Å². The van der Waals surface area contributed by atoms with Crippen molar-refractivity contribution in [2.24, 2.45) is 5.92 Å². The van der Waals surface area contributed by atoms with Crippen LogP contribution in [0.3, 0.4) is 0 Å². The summed E-state index contributed by atoms with van der Waals surface area (Å²) in [4.78, 5) is 9.89. The van der Waals surface area contributed by atoms with Gasteiger partial charge in [-0.1, -0.05) is 0 Å². The van der Waals surface area contributed by atoms with Gasteiger partial charge in [-0.25, -0.2) is 9.97 Å². The molecule has 1 fully saturated rings. The topological polar surface area (TPSA) is 41.1 Å². The molecule has 19 heavy (non-hydrogen) atoms. The van der Waals surface area contributed by atoms with Gasteiger partial charge in [-0.05, 0) is 19.8 Å². The lowest BCUT2D eigenvalue weighted by atomic mass is 9.97. The normalized spacial score (nSPS) is 20.5. The molecule has 0 saturated carbocycles. The Balaban J connectivity index is 2.22. The number of alkyl halides is 3. The van der Waals surface area contributed by atoms with Crippen LogP contribution in [-0.2, 0) is 0 Å². The first-order chi connectivity index (χ1) is 8.93. The van der Waals surface area contributed by atoms with Crippen LogP contribution in [0.25, 0.3) is 0 Å². The highest BCUT2D eigenvalue weighted by molar-refractivity contribution is 5.57. The highest BCUT2D eigenvalue weighted by Crippen LogP contribution is 2.35. The Hall–Kier alpha value is -1.53. The maximum absolute atomic E-state index is 12.8. The van der Waals surface area contributed by atoms with Crippen molar-refractivity contribution in [1.29, 1.82) is 0 Å². The minimum atomic E-state index is -4.13. The van der Waals surface area contributed by atoms with Crippen LogP contribution in [-0.4, -0.2) is 36.3 Å². The maximum atomic E-state index is 12.8. The van der Waals surface area contributed by atoms with E-state index in [4.69, 9.17) is 0 Å². The number of aromatic nitrogens is 2.